The summed E-state index contributed by atoms with van der Waals surface area (Å²) in [6.07, 6.45) is 0. The highest BCUT2D eigenvalue weighted by molar-refractivity contribution is 9.10. The minimum atomic E-state index is -0.267. The molecule has 116 valence electrons. The Labute approximate surface area is 154 Å². The molecule has 0 aliphatic carbocycles. The maximum atomic E-state index is 12.0. The minimum Gasteiger partial charge on any atom is -0.331 e. The molecule has 1 aliphatic rings. The Kier molecular flexibility index (Phi) is 4.74. The summed E-state index contributed by atoms with van der Waals surface area (Å²) in [5.74, 6) is -0.267. The van der Waals surface area contributed by atoms with Crippen molar-refractivity contribution >= 4 is 72.2 Å². The molecule has 2 aromatic rings. The van der Waals surface area contributed by atoms with E-state index in [4.69, 9.17) is 12.2 Å². The fourth-order valence-electron chi connectivity index (χ4n) is 2.04. The molecule has 1 aliphatic heterocycles. The highest BCUT2D eigenvalue weighted by Crippen LogP contribution is 2.26. The van der Waals surface area contributed by atoms with Gasteiger partial charge in [-0.15, -0.1) is 0 Å². The van der Waals surface area contributed by atoms with Gasteiger partial charge < -0.3 is 10.6 Å². The van der Waals surface area contributed by atoms with E-state index in [2.05, 4.69) is 53.0 Å². The number of hydrazone groups is 1. The molecule has 0 aromatic heterocycles. The zero-order valence-electron chi connectivity index (χ0n) is 11.6. The zero-order valence-corrected chi connectivity index (χ0v) is 15.5. The van der Waals surface area contributed by atoms with Gasteiger partial charge in [0.1, 0.15) is 0 Å². The van der Waals surface area contributed by atoms with Crippen LogP contribution in [0.15, 0.2) is 56.5 Å². The van der Waals surface area contributed by atoms with E-state index in [9.17, 15) is 4.79 Å². The first-order valence-electron chi connectivity index (χ1n) is 6.54. The number of rotatable bonds is 2. The van der Waals surface area contributed by atoms with E-state index >= 15 is 0 Å². The molecule has 0 saturated heterocycles. The highest BCUT2D eigenvalue weighted by Gasteiger charge is 2.26. The fraction of sp³-hybridized carbons (Fsp3) is 0. The van der Waals surface area contributed by atoms with Crippen molar-refractivity contribution in [3.8, 4) is 0 Å². The molecule has 23 heavy (non-hydrogen) atoms. The number of nitrogens with one attached hydrogen (secondary N) is 3. The largest absolute Gasteiger partial charge is 0.331 e. The number of anilines is 2. The third-order valence-corrected chi connectivity index (χ3v) is 4.29. The summed E-state index contributed by atoms with van der Waals surface area (Å²) in [7, 11) is 0. The second kappa shape index (κ2) is 6.77. The predicted molar refractivity (Wildman–Crippen MR) is 103 cm³/mol. The summed E-state index contributed by atoms with van der Waals surface area (Å²) < 4.78 is 1.85. The number of carbonyl (C=O) groups is 1. The number of hydrogen-bond donors (Lipinski definition) is 3. The first kappa shape index (κ1) is 16.1. The molecule has 3 N–H and O–H groups in total. The second-order valence-corrected chi connectivity index (χ2v) is 6.92. The van der Waals surface area contributed by atoms with Crippen LogP contribution in [0.3, 0.4) is 0 Å². The van der Waals surface area contributed by atoms with E-state index in [1.807, 2.05) is 42.5 Å². The van der Waals surface area contributed by atoms with Gasteiger partial charge in [-0.3, -0.25) is 10.2 Å². The van der Waals surface area contributed by atoms with E-state index < -0.39 is 0 Å². The van der Waals surface area contributed by atoms with Crippen molar-refractivity contribution in [3.63, 3.8) is 0 Å². The summed E-state index contributed by atoms with van der Waals surface area (Å²) >= 11 is 11.9. The van der Waals surface area contributed by atoms with Gasteiger partial charge in [-0.05, 0) is 54.7 Å². The minimum absolute atomic E-state index is 0.267. The van der Waals surface area contributed by atoms with Crippen LogP contribution in [0.4, 0.5) is 11.4 Å². The third kappa shape index (κ3) is 3.77. The van der Waals surface area contributed by atoms with Crippen LogP contribution in [-0.2, 0) is 4.79 Å². The lowest BCUT2D eigenvalue weighted by Gasteiger charge is -2.07. The number of fused-ring (bicyclic) bond motifs is 1. The van der Waals surface area contributed by atoms with Crippen LogP contribution >= 0.6 is 44.1 Å². The molecule has 5 nitrogen and oxygen atoms in total. The Bertz CT molecular complexity index is 821. The Morgan fingerprint density at radius 2 is 1.78 bits per heavy atom. The number of nitrogens with zero attached hydrogens (tertiary/aromatic N) is 1. The van der Waals surface area contributed by atoms with Crippen molar-refractivity contribution in [1.29, 1.82) is 0 Å². The van der Waals surface area contributed by atoms with Crippen molar-refractivity contribution in [3.05, 3.63) is 57.0 Å². The lowest BCUT2D eigenvalue weighted by Crippen LogP contribution is -2.27. The maximum absolute atomic E-state index is 12.0. The van der Waals surface area contributed by atoms with Crippen LogP contribution in [-0.4, -0.2) is 16.7 Å². The summed E-state index contributed by atoms with van der Waals surface area (Å²) in [6, 6.07) is 13.1. The standard InChI is InChI=1S/C15H10Br2N4OS/c16-8-1-4-10(5-2-8)18-15(23)21-20-13-11-7-9(17)3-6-12(11)19-14(13)22/h1-7H,(H2,18,21,23)(H,19,20,22). The van der Waals surface area contributed by atoms with Gasteiger partial charge in [-0.2, -0.15) is 5.10 Å². The number of amides is 1. The van der Waals surface area contributed by atoms with E-state index in [0.29, 0.717) is 10.8 Å². The smallest absolute Gasteiger partial charge is 0.276 e. The summed E-state index contributed by atoms with van der Waals surface area (Å²) in [4.78, 5) is 12.0. The van der Waals surface area contributed by atoms with E-state index in [1.54, 1.807) is 0 Å². The Morgan fingerprint density at radius 1 is 1.09 bits per heavy atom. The molecule has 0 radical (unpaired) electrons. The van der Waals surface area contributed by atoms with Gasteiger partial charge in [-0.1, -0.05) is 31.9 Å². The van der Waals surface area contributed by atoms with Gasteiger partial charge in [0.2, 0.25) is 0 Å². The molecular weight excluding hydrogens is 444 g/mol. The normalized spacial score (nSPS) is 14.3. The molecule has 0 unspecified atom stereocenters. The van der Waals surface area contributed by atoms with E-state index in [1.165, 1.54) is 0 Å². The lowest BCUT2D eigenvalue weighted by molar-refractivity contribution is -0.110. The third-order valence-electron chi connectivity index (χ3n) is 3.07. The van der Waals surface area contributed by atoms with Gasteiger partial charge in [0.05, 0.1) is 5.69 Å². The molecule has 0 spiro atoms. The summed E-state index contributed by atoms with van der Waals surface area (Å²) in [6.45, 7) is 0. The molecule has 0 fully saturated rings. The van der Waals surface area contributed by atoms with Gasteiger partial charge >= 0.3 is 0 Å². The summed E-state index contributed by atoms with van der Waals surface area (Å²) in [5.41, 5.74) is 5.27. The number of benzene rings is 2. The molecule has 1 heterocycles. The quantitative estimate of drug-likeness (QED) is 0.477. The average molecular weight is 454 g/mol. The number of thiocarbonyl (C=S) groups is 1. The van der Waals surface area contributed by atoms with Crippen molar-refractivity contribution in [2.75, 3.05) is 10.6 Å². The molecule has 0 atom stereocenters. The number of halogens is 2. The van der Waals surface area contributed by atoms with Crippen molar-refractivity contribution in [1.82, 2.24) is 5.43 Å². The highest BCUT2D eigenvalue weighted by atomic mass is 79.9. The predicted octanol–water partition coefficient (Wildman–Crippen LogP) is 3.85. The van der Waals surface area contributed by atoms with Crippen molar-refractivity contribution in [2.24, 2.45) is 5.10 Å². The topological polar surface area (TPSA) is 65.5 Å². The average Bonchev–Trinajstić information content (AvgIpc) is 2.82. The molecule has 2 aromatic carbocycles. The first-order valence-corrected chi connectivity index (χ1v) is 8.54. The van der Waals surface area contributed by atoms with Gasteiger partial charge in [-0.25, -0.2) is 0 Å². The monoisotopic (exact) mass is 452 g/mol. The molecule has 1 amide bonds. The van der Waals surface area contributed by atoms with Crippen LogP contribution in [0.5, 0.6) is 0 Å². The van der Waals surface area contributed by atoms with Crippen LogP contribution in [0.2, 0.25) is 0 Å². The number of carbonyl (C=O) groups excluding carboxylic acids is 1. The Hall–Kier alpha value is -1.77. The Morgan fingerprint density at radius 3 is 2.52 bits per heavy atom. The first-order chi connectivity index (χ1) is 11.0. The van der Waals surface area contributed by atoms with Crippen LogP contribution in [0.25, 0.3) is 0 Å². The van der Waals surface area contributed by atoms with Crippen LogP contribution < -0.4 is 16.1 Å². The van der Waals surface area contributed by atoms with Crippen LogP contribution in [0, 0.1) is 0 Å². The molecule has 8 heteroatoms. The van der Waals surface area contributed by atoms with Gasteiger partial charge in [0, 0.05) is 20.2 Å². The Balaban J connectivity index is 1.73. The van der Waals surface area contributed by atoms with Crippen LogP contribution in [0.1, 0.15) is 5.56 Å². The zero-order chi connectivity index (χ0) is 16.4. The fourth-order valence-corrected chi connectivity index (χ4v) is 2.82. The lowest BCUT2D eigenvalue weighted by atomic mass is 10.1. The molecule has 0 saturated carbocycles. The van der Waals surface area contributed by atoms with Gasteiger partial charge in [0.25, 0.3) is 5.91 Å². The molecule has 0 bridgehead atoms. The molecular formula is C15H10Br2N4OS. The van der Waals surface area contributed by atoms with E-state index in [0.717, 1.165) is 25.9 Å². The maximum Gasteiger partial charge on any atom is 0.276 e. The number of hydrogen-bond acceptors (Lipinski definition) is 3. The van der Waals surface area contributed by atoms with Crippen molar-refractivity contribution in [2.45, 2.75) is 0 Å². The van der Waals surface area contributed by atoms with Gasteiger partial charge in [0.15, 0.2) is 10.8 Å². The second-order valence-electron chi connectivity index (χ2n) is 4.68. The SMILES string of the molecule is O=C1Nc2ccc(Br)cc2/C1=N/NC(=S)Nc1ccc(Br)cc1. The van der Waals surface area contributed by atoms with E-state index in [-0.39, 0.29) is 5.91 Å². The van der Waals surface area contributed by atoms with Crippen molar-refractivity contribution < 1.29 is 4.79 Å². The molecule has 3 rings (SSSR count). The summed E-state index contributed by atoms with van der Waals surface area (Å²) in [5, 5.41) is 10.2.